The van der Waals surface area contributed by atoms with Gasteiger partial charge in [-0.25, -0.2) is 14.6 Å². The third-order valence-corrected chi connectivity index (χ3v) is 2.49. The van der Waals surface area contributed by atoms with E-state index in [1.807, 2.05) is 13.8 Å². The van der Waals surface area contributed by atoms with Crippen molar-refractivity contribution in [2.75, 3.05) is 18.4 Å². The molecule has 19 heavy (non-hydrogen) atoms. The highest BCUT2D eigenvalue weighted by atomic mass is 16.4. The third-order valence-electron chi connectivity index (χ3n) is 2.49. The van der Waals surface area contributed by atoms with Crippen LogP contribution in [0.2, 0.25) is 0 Å². The maximum absolute atomic E-state index is 11.8. The number of hydrogen-bond donors (Lipinski definition) is 2. The number of nitrogens with zero attached hydrogens (tertiary/aromatic N) is 2. The van der Waals surface area contributed by atoms with E-state index in [4.69, 9.17) is 5.11 Å². The van der Waals surface area contributed by atoms with Crippen LogP contribution in [-0.4, -0.2) is 40.1 Å². The molecule has 0 saturated carbocycles. The number of amides is 2. The quantitative estimate of drug-likeness (QED) is 0.796. The highest BCUT2D eigenvalue weighted by Crippen LogP contribution is 2.09. The number of anilines is 1. The average Bonchev–Trinajstić information content (AvgIpc) is 2.38. The Labute approximate surface area is 111 Å². The second kappa shape index (κ2) is 7.15. The molecule has 0 aliphatic rings. The molecule has 0 unspecified atom stereocenters. The Morgan fingerprint density at radius 1 is 1.42 bits per heavy atom. The van der Waals surface area contributed by atoms with Gasteiger partial charge in [-0.15, -0.1) is 0 Å². The number of aliphatic carboxylic acids is 1. The molecule has 0 aliphatic heterocycles. The lowest BCUT2D eigenvalue weighted by atomic mass is 10.2. The first kappa shape index (κ1) is 14.7. The summed E-state index contributed by atoms with van der Waals surface area (Å²) in [6, 6.07) is 3.05. The summed E-state index contributed by atoms with van der Waals surface area (Å²) < 4.78 is 0. The van der Waals surface area contributed by atoms with Gasteiger partial charge in [-0.3, -0.25) is 5.32 Å². The van der Waals surface area contributed by atoms with Gasteiger partial charge in [0.2, 0.25) is 0 Å². The van der Waals surface area contributed by atoms with Crippen molar-refractivity contribution in [3.63, 3.8) is 0 Å². The third kappa shape index (κ3) is 4.79. The molecule has 1 aromatic heterocycles. The normalized spacial score (nSPS) is 10.4. The van der Waals surface area contributed by atoms with E-state index in [2.05, 4.69) is 10.3 Å². The number of carbonyl (C=O) groups excluding carboxylic acids is 1. The van der Waals surface area contributed by atoms with Crippen molar-refractivity contribution >= 4 is 23.9 Å². The van der Waals surface area contributed by atoms with Gasteiger partial charge in [-0.2, -0.15) is 0 Å². The summed E-state index contributed by atoms with van der Waals surface area (Å²) in [5.74, 6) is -0.630. The van der Waals surface area contributed by atoms with E-state index in [1.54, 1.807) is 17.0 Å². The summed E-state index contributed by atoms with van der Waals surface area (Å²) in [6.07, 6.45) is 3.99. The number of carbonyl (C=O) groups is 2. The van der Waals surface area contributed by atoms with E-state index in [0.717, 1.165) is 6.08 Å². The van der Waals surface area contributed by atoms with Crippen LogP contribution >= 0.6 is 0 Å². The van der Waals surface area contributed by atoms with E-state index >= 15 is 0 Å². The number of carboxylic acid groups (broad SMARTS) is 1. The van der Waals surface area contributed by atoms with Crippen molar-refractivity contribution in [2.45, 2.75) is 13.8 Å². The summed E-state index contributed by atoms with van der Waals surface area (Å²) in [4.78, 5) is 27.9. The molecule has 0 fully saturated rings. The minimum absolute atomic E-state index is 0.225. The topological polar surface area (TPSA) is 82.5 Å². The molecule has 0 saturated heterocycles. The van der Waals surface area contributed by atoms with Gasteiger partial charge in [0.15, 0.2) is 0 Å². The standard InChI is InChI=1S/C13H17N3O3/c1-3-16(4-2)13(19)15-11-9-10(7-8-14-11)5-6-12(17)18/h5-9H,3-4H2,1-2H3,(H,17,18)(H,14,15,19)/b6-5+. The minimum atomic E-state index is -1.02. The van der Waals surface area contributed by atoms with Gasteiger partial charge in [0, 0.05) is 25.4 Å². The van der Waals surface area contributed by atoms with Crippen molar-refractivity contribution < 1.29 is 14.7 Å². The molecular weight excluding hydrogens is 246 g/mol. The van der Waals surface area contributed by atoms with Crippen molar-refractivity contribution in [1.82, 2.24) is 9.88 Å². The van der Waals surface area contributed by atoms with E-state index < -0.39 is 5.97 Å². The predicted molar refractivity (Wildman–Crippen MR) is 72.8 cm³/mol. The molecule has 0 aromatic carbocycles. The minimum Gasteiger partial charge on any atom is -0.478 e. The van der Waals surface area contributed by atoms with Gasteiger partial charge in [0.25, 0.3) is 0 Å². The largest absolute Gasteiger partial charge is 0.478 e. The van der Waals surface area contributed by atoms with Crippen LogP contribution in [0.4, 0.5) is 10.6 Å². The number of urea groups is 1. The van der Waals surface area contributed by atoms with Crippen LogP contribution in [0.1, 0.15) is 19.4 Å². The first-order chi connectivity index (χ1) is 9.06. The second-order valence-corrected chi connectivity index (χ2v) is 3.75. The molecule has 0 aliphatic carbocycles. The van der Waals surface area contributed by atoms with Crippen LogP contribution in [0, 0.1) is 0 Å². The van der Waals surface area contributed by atoms with E-state index in [-0.39, 0.29) is 6.03 Å². The van der Waals surface area contributed by atoms with Crippen molar-refractivity contribution in [2.24, 2.45) is 0 Å². The van der Waals surface area contributed by atoms with Crippen LogP contribution < -0.4 is 5.32 Å². The van der Waals surface area contributed by atoms with Crippen LogP contribution in [0.3, 0.4) is 0 Å². The summed E-state index contributed by atoms with van der Waals surface area (Å²) >= 11 is 0. The van der Waals surface area contributed by atoms with E-state index in [9.17, 15) is 9.59 Å². The molecule has 0 spiro atoms. The number of aromatic nitrogens is 1. The van der Waals surface area contributed by atoms with Gasteiger partial charge >= 0.3 is 12.0 Å². The van der Waals surface area contributed by atoms with Gasteiger partial charge in [-0.05, 0) is 37.6 Å². The van der Waals surface area contributed by atoms with Crippen LogP contribution in [0.25, 0.3) is 6.08 Å². The Hall–Kier alpha value is -2.37. The Kier molecular flexibility index (Phi) is 5.53. The lowest BCUT2D eigenvalue weighted by molar-refractivity contribution is -0.131. The van der Waals surface area contributed by atoms with Crippen LogP contribution in [0.15, 0.2) is 24.4 Å². The van der Waals surface area contributed by atoms with E-state index in [0.29, 0.717) is 24.5 Å². The Morgan fingerprint density at radius 2 is 2.11 bits per heavy atom. The van der Waals surface area contributed by atoms with Crippen LogP contribution in [0.5, 0.6) is 0 Å². The summed E-state index contributed by atoms with van der Waals surface area (Å²) in [7, 11) is 0. The Bertz CT molecular complexity index is 482. The van der Waals surface area contributed by atoms with Crippen molar-refractivity contribution in [1.29, 1.82) is 0 Å². The molecule has 2 amide bonds. The Balaban J connectivity index is 2.77. The summed E-state index contributed by atoms with van der Waals surface area (Å²) in [5, 5.41) is 11.2. The number of pyridine rings is 1. The van der Waals surface area contributed by atoms with Gasteiger partial charge < -0.3 is 10.0 Å². The van der Waals surface area contributed by atoms with Crippen LogP contribution in [-0.2, 0) is 4.79 Å². The number of rotatable bonds is 5. The maximum Gasteiger partial charge on any atom is 0.328 e. The molecule has 6 nitrogen and oxygen atoms in total. The van der Waals surface area contributed by atoms with Crippen molar-refractivity contribution in [3.05, 3.63) is 30.0 Å². The molecule has 2 N–H and O–H groups in total. The molecule has 1 heterocycles. The maximum atomic E-state index is 11.8. The summed E-state index contributed by atoms with van der Waals surface area (Å²) in [5.41, 5.74) is 0.659. The molecule has 0 radical (unpaired) electrons. The predicted octanol–water partition coefficient (Wildman–Crippen LogP) is 2.05. The smallest absolute Gasteiger partial charge is 0.328 e. The average molecular weight is 263 g/mol. The number of carboxylic acids is 1. The zero-order valence-electron chi connectivity index (χ0n) is 11.0. The molecule has 6 heteroatoms. The number of hydrogen-bond acceptors (Lipinski definition) is 3. The lowest BCUT2D eigenvalue weighted by Crippen LogP contribution is -2.34. The zero-order chi connectivity index (χ0) is 14.3. The first-order valence-electron chi connectivity index (χ1n) is 5.99. The molecular formula is C13H17N3O3. The monoisotopic (exact) mass is 263 g/mol. The van der Waals surface area contributed by atoms with Gasteiger partial charge in [-0.1, -0.05) is 0 Å². The molecule has 1 aromatic rings. The molecule has 0 atom stereocenters. The first-order valence-corrected chi connectivity index (χ1v) is 5.99. The fourth-order valence-electron chi connectivity index (χ4n) is 1.49. The fourth-order valence-corrected chi connectivity index (χ4v) is 1.49. The summed E-state index contributed by atoms with van der Waals surface area (Å²) in [6.45, 7) is 5.01. The highest BCUT2D eigenvalue weighted by Gasteiger charge is 2.09. The lowest BCUT2D eigenvalue weighted by Gasteiger charge is -2.18. The highest BCUT2D eigenvalue weighted by molar-refractivity contribution is 5.89. The van der Waals surface area contributed by atoms with Gasteiger partial charge in [0.1, 0.15) is 5.82 Å². The SMILES string of the molecule is CCN(CC)C(=O)Nc1cc(/C=C/C(=O)O)ccn1. The van der Waals surface area contributed by atoms with Gasteiger partial charge in [0.05, 0.1) is 0 Å². The number of nitrogens with one attached hydrogen (secondary N) is 1. The second-order valence-electron chi connectivity index (χ2n) is 3.75. The van der Waals surface area contributed by atoms with E-state index in [1.165, 1.54) is 12.3 Å². The Morgan fingerprint density at radius 3 is 2.68 bits per heavy atom. The molecule has 0 bridgehead atoms. The fraction of sp³-hybridized carbons (Fsp3) is 0.308. The molecule has 1 rings (SSSR count). The van der Waals surface area contributed by atoms with Crippen molar-refractivity contribution in [3.8, 4) is 0 Å². The zero-order valence-corrected chi connectivity index (χ0v) is 11.0. The molecule has 102 valence electrons.